The molecule has 3 aromatic rings. The van der Waals surface area contributed by atoms with Crippen LogP contribution < -0.4 is 19.6 Å². The average molecular weight is 517 g/mol. The number of ether oxygens (including phenoxy) is 1. The molecule has 2 saturated heterocycles. The molecule has 0 aliphatic carbocycles. The van der Waals surface area contributed by atoms with Gasteiger partial charge in [-0.1, -0.05) is 25.1 Å². The van der Waals surface area contributed by atoms with Gasteiger partial charge in [-0.3, -0.25) is 24.5 Å². The molecule has 5 rings (SSSR count). The largest absolute Gasteiger partial charge is 0.494 e. The first-order valence-electron chi connectivity index (χ1n) is 12.4. The molecule has 10 heteroatoms. The number of benzene rings is 3. The molecule has 10 nitrogen and oxygen atoms in total. The van der Waals surface area contributed by atoms with Gasteiger partial charge in [0.05, 0.1) is 28.9 Å². The topological polar surface area (TPSA) is 105 Å². The molecular weight excluding hydrogens is 488 g/mol. The van der Waals surface area contributed by atoms with Gasteiger partial charge in [-0.05, 0) is 54.4 Å². The third-order valence-corrected chi connectivity index (χ3v) is 6.73. The molecular formula is C28H28N4O6. The minimum atomic E-state index is -1.07. The smallest absolute Gasteiger partial charge is 0.271 e. The Morgan fingerprint density at radius 1 is 0.974 bits per heavy atom. The van der Waals surface area contributed by atoms with Gasteiger partial charge in [0.2, 0.25) is 5.91 Å². The van der Waals surface area contributed by atoms with Crippen LogP contribution >= 0.6 is 0 Å². The molecule has 0 radical (unpaired) electrons. The van der Waals surface area contributed by atoms with Crippen molar-refractivity contribution in [2.45, 2.75) is 25.5 Å². The Bertz CT molecular complexity index is 1360. The quantitative estimate of drug-likeness (QED) is 0.245. The number of carbonyl (C=O) groups is 2. The molecule has 0 saturated carbocycles. The van der Waals surface area contributed by atoms with Crippen LogP contribution in [0.2, 0.25) is 0 Å². The van der Waals surface area contributed by atoms with Gasteiger partial charge in [0.1, 0.15) is 11.7 Å². The number of nitro benzene ring substituents is 1. The van der Waals surface area contributed by atoms with Crippen molar-refractivity contribution in [3.05, 3.63) is 88.5 Å². The molecule has 0 aromatic heterocycles. The van der Waals surface area contributed by atoms with Crippen LogP contribution in [0.1, 0.15) is 24.9 Å². The first-order valence-corrected chi connectivity index (χ1v) is 12.4. The highest BCUT2D eigenvalue weighted by Crippen LogP contribution is 2.48. The summed E-state index contributed by atoms with van der Waals surface area (Å²) in [5, 5.41) is 12.9. The zero-order valence-electron chi connectivity index (χ0n) is 21.3. The molecule has 196 valence electrons. The number of hydrogen-bond acceptors (Lipinski definition) is 8. The molecule has 0 spiro atoms. The number of hydrogen-bond donors (Lipinski definition) is 0. The highest BCUT2D eigenvalue weighted by Gasteiger charge is 2.60. The number of rotatable bonds is 8. The molecule has 2 aliphatic heterocycles. The molecule has 0 N–H and O–H groups in total. The number of anilines is 3. The Kier molecular flexibility index (Phi) is 6.73. The van der Waals surface area contributed by atoms with Crippen molar-refractivity contribution in [1.82, 2.24) is 0 Å². The summed E-state index contributed by atoms with van der Waals surface area (Å²) in [6, 6.07) is 19.7. The highest BCUT2D eigenvalue weighted by atomic mass is 16.7. The minimum absolute atomic E-state index is 0.116. The minimum Gasteiger partial charge on any atom is -0.494 e. The van der Waals surface area contributed by atoms with E-state index >= 15 is 0 Å². The standard InChI is InChI=1S/C28H28N4O6/c1-4-16-37-23-14-12-20(13-15-23)30-27(33)24-25(18-8-10-19(11-9-18)29(2)3)31(38-26(24)28(30)34)21-6-5-7-22(17-21)32(35)36/h5-15,17,24-26H,4,16H2,1-3H3/t24-,25-,26+/m1/s1. The van der Waals surface area contributed by atoms with E-state index in [0.717, 1.165) is 22.6 Å². The third kappa shape index (κ3) is 4.43. The van der Waals surface area contributed by atoms with Crippen LogP contribution in [0.25, 0.3) is 0 Å². The Balaban J connectivity index is 1.52. The number of amides is 2. The van der Waals surface area contributed by atoms with E-state index in [0.29, 0.717) is 23.7 Å². The molecule has 0 unspecified atom stereocenters. The van der Waals surface area contributed by atoms with Gasteiger partial charge in [0.25, 0.3) is 11.6 Å². The van der Waals surface area contributed by atoms with Crippen molar-refractivity contribution in [2.24, 2.45) is 5.92 Å². The predicted molar refractivity (Wildman–Crippen MR) is 142 cm³/mol. The van der Waals surface area contributed by atoms with E-state index in [9.17, 15) is 19.7 Å². The fraction of sp³-hybridized carbons (Fsp3) is 0.286. The van der Waals surface area contributed by atoms with Crippen molar-refractivity contribution in [3.63, 3.8) is 0 Å². The molecule has 0 bridgehead atoms. The van der Waals surface area contributed by atoms with Crippen molar-refractivity contribution < 1.29 is 24.1 Å². The molecule has 2 aliphatic rings. The van der Waals surface area contributed by atoms with Gasteiger partial charge < -0.3 is 9.64 Å². The number of fused-ring (bicyclic) bond motifs is 1. The van der Waals surface area contributed by atoms with Crippen molar-refractivity contribution in [2.75, 3.05) is 35.6 Å². The lowest BCUT2D eigenvalue weighted by atomic mass is 9.90. The fourth-order valence-electron chi connectivity index (χ4n) is 4.86. The van der Waals surface area contributed by atoms with E-state index in [1.54, 1.807) is 36.4 Å². The number of carbonyl (C=O) groups excluding carboxylic acids is 2. The van der Waals surface area contributed by atoms with Crippen LogP contribution in [0.15, 0.2) is 72.8 Å². The molecule has 3 aromatic carbocycles. The summed E-state index contributed by atoms with van der Waals surface area (Å²) in [7, 11) is 3.85. The van der Waals surface area contributed by atoms with Crippen LogP contribution in [-0.2, 0) is 14.4 Å². The number of imide groups is 1. The van der Waals surface area contributed by atoms with Crippen molar-refractivity contribution in [3.8, 4) is 5.75 Å². The molecule has 2 heterocycles. The van der Waals surface area contributed by atoms with Crippen LogP contribution in [0.3, 0.4) is 0 Å². The van der Waals surface area contributed by atoms with Crippen LogP contribution in [0.5, 0.6) is 5.75 Å². The number of nitro groups is 1. The number of non-ortho nitro benzene ring substituents is 1. The SMILES string of the molecule is CCCOc1ccc(N2C(=O)[C@H]3[C@H](ON(c4cccc([N+](=O)[O-])c4)[C@@H]3c3ccc(N(C)C)cc3)C2=O)cc1. The Hall–Kier alpha value is -4.44. The van der Waals surface area contributed by atoms with Gasteiger partial charge in [0.15, 0.2) is 6.10 Å². The maximum Gasteiger partial charge on any atom is 0.271 e. The van der Waals surface area contributed by atoms with E-state index in [1.165, 1.54) is 17.2 Å². The van der Waals surface area contributed by atoms with E-state index in [-0.39, 0.29) is 5.69 Å². The summed E-state index contributed by atoms with van der Waals surface area (Å²) in [5.41, 5.74) is 2.42. The first kappa shape index (κ1) is 25.2. The zero-order chi connectivity index (χ0) is 27.0. The Morgan fingerprint density at radius 2 is 1.68 bits per heavy atom. The second-order valence-corrected chi connectivity index (χ2v) is 9.44. The van der Waals surface area contributed by atoms with Crippen LogP contribution in [0, 0.1) is 16.0 Å². The van der Waals surface area contributed by atoms with Gasteiger partial charge in [-0.2, -0.15) is 0 Å². The van der Waals surface area contributed by atoms with Crippen LogP contribution in [-0.4, -0.2) is 43.5 Å². The first-order chi connectivity index (χ1) is 18.3. The lowest BCUT2D eigenvalue weighted by Crippen LogP contribution is -2.37. The summed E-state index contributed by atoms with van der Waals surface area (Å²) in [6.07, 6.45) is -0.208. The van der Waals surface area contributed by atoms with E-state index < -0.39 is 34.8 Å². The van der Waals surface area contributed by atoms with Gasteiger partial charge >= 0.3 is 0 Å². The molecule has 3 atom stereocenters. The van der Waals surface area contributed by atoms with Gasteiger partial charge in [-0.25, -0.2) is 9.96 Å². The van der Waals surface area contributed by atoms with Crippen LogP contribution in [0.4, 0.5) is 22.7 Å². The van der Waals surface area contributed by atoms with E-state index in [4.69, 9.17) is 9.57 Å². The van der Waals surface area contributed by atoms with Crippen molar-refractivity contribution >= 4 is 34.6 Å². The lowest BCUT2D eigenvalue weighted by Gasteiger charge is -2.29. The maximum atomic E-state index is 13.8. The zero-order valence-corrected chi connectivity index (χ0v) is 21.3. The van der Waals surface area contributed by atoms with E-state index in [1.807, 2.05) is 50.2 Å². The summed E-state index contributed by atoms with van der Waals surface area (Å²) in [4.78, 5) is 47.5. The molecule has 38 heavy (non-hydrogen) atoms. The van der Waals surface area contributed by atoms with Gasteiger partial charge in [0, 0.05) is 31.9 Å². The Labute approximate surface area is 220 Å². The summed E-state index contributed by atoms with van der Waals surface area (Å²) in [5.74, 6) is -1.06. The second-order valence-electron chi connectivity index (χ2n) is 9.44. The van der Waals surface area contributed by atoms with E-state index in [2.05, 4.69) is 0 Å². The average Bonchev–Trinajstić information content (AvgIpc) is 3.43. The van der Waals surface area contributed by atoms with Crippen molar-refractivity contribution in [1.29, 1.82) is 0 Å². The normalized spacial score (nSPS) is 20.6. The lowest BCUT2D eigenvalue weighted by molar-refractivity contribution is -0.384. The summed E-state index contributed by atoms with van der Waals surface area (Å²) < 4.78 is 5.62. The molecule has 2 fully saturated rings. The number of hydroxylamine groups is 1. The Morgan fingerprint density at radius 3 is 2.32 bits per heavy atom. The second kappa shape index (κ2) is 10.1. The highest BCUT2D eigenvalue weighted by molar-refractivity contribution is 6.23. The maximum absolute atomic E-state index is 13.8. The molecule has 2 amide bonds. The summed E-state index contributed by atoms with van der Waals surface area (Å²) >= 11 is 0. The van der Waals surface area contributed by atoms with Gasteiger partial charge in [-0.15, -0.1) is 0 Å². The summed E-state index contributed by atoms with van der Waals surface area (Å²) in [6.45, 7) is 2.58. The third-order valence-electron chi connectivity index (χ3n) is 6.73. The number of nitrogens with zero attached hydrogens (tertiary/aromatic N) is 4. The monoisotopic (exact) mass is 516 g/mol. The predicted octanol–water partition coefficient (Wildman–Crippen LogP) is 4.50. The fourth-order valence-corrected chi connectivity index (χ4v) is 4.86.